The Labute approximate surface area is 186 Å². The molecule has 6 nitrogen and oxygen atoms in total. The van der Waals surface area contributed by atoms with Gasteiger partial charge in [0.15, 0.2) is 5.96 Å². The first-order valence-corrected chi connectivity index (χ1v) is 11.6. The molecule has 31 heavy (non-hydrogen) atoms. The molecule has 0 aromatic heterocycles. The van der Waals surface area contributed by atoms with Crippen molar-refractivity contribution in [1.82, 2.24) is 10.2 Å². The first-order valence-electron chi connectivity index (χ1n) is 11.6. The molecule has 2 aliphatic heterocycles. The molecule has 1 saturated heterocycles. The maximum Gasteiger partial charge on any atom is 0.249 e. The lowest BCUT2D eigenvalue weighted by molar-refractivity contribution is 0.0999. The summed E-state index contributed by atoms with van der Waals surface area (Å²) in [5, 5.41) is 3.42. The second-order valence-electron chi connectivity index (χ2n) is 9.29. The van der Waals surface area contributed by atoms with Gasteiger partial charge in [-0.25, -0.2) is 4.99 Å². The summed E-state index contributed by atoms with van der Waals surface area (Å²) in [7, 11) is 0. The second kappa shape index (κ2) is 10.2. The largest absolute Gasteiger partial charge is 0.494 e. The van der Waals surface area contributed by atoms with Crippen molar-refractivity contribution in [2.45, 2.75) is 66.3 Å². The smallest absolute Gasteiger partial charge is 0.249 e. The fraction of sp³-hybridized carbons (Fsp3) is 0.600. The molecular formula is C25H38N4O2. The number of nitrogens with two attached hydrogens (primary N) is 1. The molecule has 0 aliphatic carbocycles. The SMILES string of the molecule is Cc1cc(OCCCC2CCN(C3=NC(C)C(C(C)C)=CN3)CC2)cc(C)c1C(N)=O. The van der Waals surface area contributed by atoms with Crippen molar-refractivity contribution in [3.8, 4) is 5.75 Å². The molecule has 1 fully saturated rings. The number of amides is 1. The highest BCUT2D eigenvalue weighted by atomic mass is 16.5. The fourth-order valence-corrected chi connectivity index (χ4v) is 4.78. The van der Waals surface area contributed by atoms with Crippen LogP contribution < -0.4 is 15.8 Å². The van der Waals surface area contributed by atoms with E-state index in [2.05, 4.69) is 37.2 Å². The summed E-state index contributed by atoms with van der Waals surface area (Å²) in [6.45, 7) is 13.2. The quantitative estimate of drug-likeness (QED) is 0.642. The van der Waals surface area contributed by atoms with E-state index in [-0.39, 0.29) is 11.9 Å². The molecule has 0 bridgehead atoms. The molecule has 1 aromatic rings. The Hall–Kier alpha value is -2.50. The standard InChI is InChI=1S/C25H38N4O2/c1-16(2)22-15-27-25(28-19(22)5)29-10-8-20(9-11-29)7-6-12-31-21-13-17(3)23(24(26)30)18(4)14-21/h13-16,19-20H,6-12H2,1-5H3,(H2,26,30)(H,27,28). The normalized spacial score (nSPS) is 19.7. The van der Waals surface area contributed by atoms with Crippen molar-refractivity contribution in [2.24, 2.45) is 22.6 Å². The van der Waals surface area contributed by atoms with E-state index >= 15 is 0 Å². The van der Waals surface area contributed by atoms with E-state index in [0.29, 0.717) is 18.1 Å². The number of nitrogens with zero attached hydrogens (tertiary/aromatic N) is 2. The minimum Gasteiger partial charge on any atom is -0.494 e. The molecular weight excluding hydrogens is 388 g/mol. The molecule has 2 heterocycles. The third-order valence-electron chi connectivity index (χ3n) is 6.53. The molecule has 1 aromatic carbocycles. The number of nitrogens with one attached hydrogen (secondary N) is 1. The number of rotatable bonds is 7. The number of likely N-dealkylation sites (tertiary alicyclic amines) is 1. The Bertz CT molecular complexity index is 828. The van der Waals surface area contributed by atoms with Crippen molar-refractivity contribution < 1.29 is 9.53 Å². The molecule has 3 N–H and O–H groups in total. The van der Waals surface area contributed by atoms with Crippen LogP contribution in [0.4, 0.5) is 0 Å². The summed E-state index contributed by atoms with van der Waals surface area (Å²) in [4.78, 5) is 18.8. The average Bonchev–Trinajstić information content (AvgIpc) is 2.70. The van der Waals surface area contributed by atoms with Gasteiger partial charge in [-0.2, -0.15) is 0 Å². The van der Waals surface area contributed by atoms with Gasteiger partial charge in [-0.15, -0.1) is 0 Å². The number of guanidine groups is 1. The molecule has 2 aliphatic rings. The van der Waals surface area contributed by atoms with Crippen molar-refractivity contribution in [2.75, 3.05) is 19.7 Å². The number of piperidine rings is 1. The van der Waals surface area contributed by atoms with Crippen LogP contribution in [0.15, 0.2) is 28.9 Å². The van der Waals surface area contributed by atoms with Crippen LogP contribution in [-0.4, -0.2) is 42.5 Å². The maximum atomic E-state index is 11.5. The van der Waals surface area contributed by atoms with E-state index in [1.807, 2.05) is 26.0 Å². The molecule has 1 amide bonds. The molecule has 1 unspecified atom stereocenters. The summed E-state index contributed by atoms with van der Waals surface area (Å²) >= 11 is 0. The lowest BCUT2D eigenvalue weighted by Gasteiger charge is -2.36. The van der Waals surface area contributed by atoms with Gasteiger partial charge >= 0.3 is 0 Å². The number of hydrogen-bond donors (Lipinski definition) is 2. The number of aliphatic imine (C=N–C) groups is 1. The van der Waals surface area contributed by atoms with E-state index in [1.54, 1.807) is 0 Å². The third-order valence-corrected chi connectivity index (χ3v) is 6.53. The third kappa shape index (κ3) is 5.81. The van der Waals surface area contributed by atoms with Gasteiger partial charge in [0.05, 0.1) is 12.6 Å². The zero-order chi connectivity index (χ0) is 22.5. The number of carbonyl (C=O) groups excluding carboxylic acids is 1. The minimum absolute atomic E-state index is 0.260. The lowest BCUT2D eigenvalue weighted by atomic mass is 9.92. The first kappa shape index (κ1) is 23.2. The topological polar surface area (TPSA) is 79.9 Å². The van der Waals surface area contributed by atoms with E-state index in [9.17, 15) is 4.79 Å². The van der Waals surface area contributed by atoms with Crippen molar-refractivity contribution in [1.29, 1.82) is 0 Å². The molecule has 170 valence electrons. The van der Waals surface area contributed by atoms with Crippen LogP contribution in [0.2, 0.25) is 0 Å². The molecule has 1 atom stereocenters. The zero-order valence-corrected chi connectivity index (χ0v) is 19.7. The highest BCUT2D eigenvalue weighted by Crippen LogP contribution is 2.25. The zero-order valence-electron chi connectivity index (χ0n) is 19.7. The summed E-state index contributed by atoms with van der Waals surface area (Å²) in [5.41, 5.74) is 9.17. The van der Waals surface area contributed by atoms with Crippen molar-refractivity contribution >= 4 is 11.9 Å². The summed E-state index contributed by atoms with van der Waals surface area (Å²) in [6.07, 6.45) is 6.76. The number of ether oxygens (including phenoxy) is 1. The van der Waals surface area contributed by atoms with E-state index in [1.165, 1.54) is 24.8 Å². The Balaban J connectivity index is 1.40. The van der Waals surface area contributed by atoms with Crippen molar-refractivity contribution in [3.63, 3.8) is 0 Å². The lowest BCUT2D eigenvalue weighted by Crippen LogP contribution is -2.46. The number of carbonyl (C=O) groups is 1. The van der Waals surface area contributed by atoms with Gasteiger partial charge in [0, 0.05) is 24.9 Å². The van der Waals surface area contributed by atoms with Crippen LogP contribution in [0.3, 0.4) is 0 Å². The van der Waals surface area contributed by atoms with E-state index < -0.39 is 0 Å². The molecule has 6 heteroatoms. The Morgan fingerprint density at radius 2 is 1.90 bits per heavy atom. The average molecular weight is 427 g/mol. The van der Waals surface area contributed by atoms with Crippen LogP contribution in [0.25, 0.3) is 0 Å². The van der Waals surface area contributed by atoms with Gasteiger partial charge in [-0.3, -0.25) is 4.79 Å². The van der Waals surface area contributed by atoms with Crippen molar-refractivity contribution in [3.05, 3.63) is 40.6 Å². The highest BCUT2D eigenvalue weighted by Gasteiger charge is 2.24. The minimum atomic E-state index is -0.381. The summed E-state index contributed by atoms with van der Waals surface area (Å²) < 4.78 is 5.95. The van der Waals surface area contributed by atoms with Gasteiger partial charge in [0.1, 0.15) is 5.75 Å². The Morgan fingerprint density at radius 3 is 2.45 bits per heavy atom. The van der Waals surface area contributed by atoms with Crippen LogP contribution >= 0.6 is 0 Å². The van der Waals surface area contributed by atoms with Crippen LogP contribution in [0.5, 0.6) is 5.75 Å². The highest BCUT2D eigenvalue weighted by molar-refractivity contribution is 5.96. The van der Waals surface area contributed by atoms with Crippen LogP contribution in [0, 0.1) is 25.7 Å². The Morgan fingerprint density at radius 1 is 1.26 bits per heavy atom. The predicted octanol–water partition coefficient (Wildman–Crippen LogP) is 4.16. The van der Waals surface area contributed by atoms with Crippen LogP contribution in [-0.2, 0) is 0 Å². The second-order valence-corrected chi connectivity index (χ2v) is 9.29. The molecule has 3 rings (SSSR count). The van der Waals surface area contributed by atoms with E-state index in [4.69, 9.17) is 15.5 Å². The number of aryl methyl sites for hydroxylation is 2. The van der Waals surface area contributed by atoms with E-state index in [0.717, 1.165) is 48.3 Å². The summed E-state index contributed by atoms with van der Waals surface area (Å²) in [6, 6.07) is 4.07. The van der Waals surface area contributed by atoms with Gasteiger partial charge in [-0.05, 0) is 87.1 Å². The number of benzene rings is 1. The predicted molar refractivity (Wildman–Crippen MR) is 126 cm³/mol. The summed E-state index contributed by atoms with van der Waals surface area (Å²) in [5.74, 6) is 2.73. The van der Waals surface area contributed by atoms with Gasteiger partial charge in [-0.1, -0.05) is 13.8 Å². The number of primary amides is 1. The van der Waals surface area contributed by atoms with Crippen LogP contribution in [0.1, 0.15) is 67.9 Å². The van der Waals surface area contributed by atoms with Gasteiger partial charge < -0.3 is 20.7 Å². The first-order chi connectivity index (χ1) is 14.8. The van der Waals surface area contributed by atoms with Gasteiger partial charge in [0.2, 0.25) is 5.91 Å². The van der Waals surface area contributed by atoms with Gasteiger partial charge in [0.25, 0.3) is 0 Å². The molecule has 0 saturated carbocycles. The Kier molecular flexibility index (Phi) is 7.63. The number of hydrogen-bond acceptors (Lipinski definition) is 5. The monoisotopic (exact) mass is 426 g/mol. The molecule has 0 radical (unpaired) electrons. The molecule has 0 spiro atoms. The maximum absolute atomic E-state index is 11.5. The fourth-order valence-electron chi connectivity index (χ4n) is 4.78.